The van der Waals surface area contributed by atoms with Crippen molar-refractivity contribution < 1.29 is 18.7 Å². The Morgan fingerprint density at radius 1 is 1.00 bits per heavy atom. The van der Waals surface area contributed by atoms with Crippen LogP contribution >= 0.6 is 28.1 Å². The minimum Gasteiger partial charge on any atom is -0.507 e. The highest BCUT2D eigenvalue weighted by atomic mass is 79.9. The highest BCUT2D eigenvalue weighted by Crippen LogP contribution is 2.31. The topological polar surface area (TPSA) is 101 Å². The van der Waals surface area contributed by atoms with Crippen molar-refractivity contribution in [3.63, 3.8) is 0 Å². The van der Waals surface area contributed by atoms with Gasteiger partial charge < -0.3 is 19.3 Å². The molecule has 0 spiro atoms. The van der Waals surface area contributed by atoms with E-state index in [1.54, 1.807) is 48.5 Å². The maximum absolute atomic E-state index is 12.5. The molecule has 32 heavy (non-hydrogen) atoms. The number of phenolic OH excluding ortho intramolecular Hbond substituents is 1. The first-order valence-corrected chi connectivity index (χ1v) is 10.7. The molecule has 0 saturated carbocycles. The zero-order chi connectivity index (χ0) is 22.2. The van der Waals surface area contributed by atoms with E-state index < -0.39 is 5.91 Å². The summed E-state index contributed by atoms with van der Waals surface area (Å²) in [6.45, 7) is 0. The van der Waals surface area contributed by atoms with Crippen LogP contribution in [0.4, 0.5) is 5.69 Å². The number of anilines is 1. The van der Waals surface area contributed by atoms with Gasteiger partial charge in [-0.25, -0.2) is 4.98 Å². The van der Waals surface area contributed by atoms with Gasteiger partial charge in [-0.2, -0.15) is 0 Å². The summed E-state index contributed by atoms with van der Waals surface area (Å²) in [5.41, 5.74) is 3.19. The lowest BCUT2D eigenvalue weighted by Gasteiger charge is -2.08. The summed E-state index contributed by atoms with van der Waals surface area (Å²) in [6, 6.07) is 19.3. The Kier molecular flexibility index (Phi) is 5.12. The number of nitrogens with one attached hydrogen (secondary N) is 2. The number of hydrogen-bond acceptors (Lipinski definition) is 6. The first-order chi connectivity index (χ1) is 15.5. The van der Waals surface area contributed by atoms with Crippen LogP contribution in [0.5, 0.6) is 5.75 Å². The molecular formula is C23H14BrN3O4S. The third-order valence-corrected chi connectivity index (χ3v) is 5.56. The lowest BCUT2D eigenvalue weighted by molar-refractivity contribution is 0.0953. The average molecular weight is 508 g/mol. The van der Waals surface area contributed by atoms with E-state index in [0.29, 0.717) is 38.3 Å². The Hall–Kier alpha value is -3.69. The van der Waals surface area contributed by atoms with E-state index in [9.17, 15) is 9.90 Å². The Bertz CT molecular complexity index is 1470. The number of carbonyl (C=O) groups is 1. The van der Waals surface area contributed by atoms with Gasteiger partial charge in [0.2, 0.25) is 5.89 Å². The summed E-state index contributed by atoms with van der Waals surface area (Å²) in [5, 5.41) is 16.2. The molecule has 0 atom stereocenters. The molecule has 0 aliphatic carbocycles. The molecule has 5 aromatic rings. The zero-order valence-electron chi connectivity index (χ0n) is 16.3. The molecule has 2 heterocycles. The number of thiocarbonyl (C=S) groups is 1. The summed E-state index contributed by atoms with van der Waals surface area (Å²) < 4.78 is 11.9. The van der Waals surface area contributed by atoms with Crippen LogP contribution in [0.15, 0.2) is 80.0 Å². The average Bonchev–Trinajstić information content (AvgIpc) is 3.39. The number of hydrogen-bond donors (Lipinski definition) is 3. The summed E-state index contributed by atoms with van der Waals surface area (Å²) in [4.78, 5) is 17.0. The highest BCUT2D eigenvalue weighted by molar-refractivity contribution is 9.10. The molecule has 3 aromatic carbocycles. The highest BCUT2D eigenvalue weighted by Gasteiger charge is 2.15. The van der Waals surface area contributed by atoms with Crippen molar-refractivity contribution >= 4 is 66.9 Å². The summed E-state index contributed by atoms with van der Waals surface area (Å²) in [6.07, 6.45) is 0. The van der Waals surface area contributed by atoms with Gasteiger partial charge >= 0.3 is 0 Å². The SMILES string of the molecule is O=C(NC(=S)Nc1ccc2oc(-c3ccc(O)c(Br)c3)nc2c1)c1cc2ccccc2o1. The molecule has 5 rings (SSSR count). The number of para-hydroxylation sites is 1. The smallest absolute Gasteiger partial charge is 0.293 e. The fraction of sp³-hybridized carbons (Fsp3) is 0. The molecule has 1 amide bonds. The number of aromatic nitrogens is 1. The first kappa shape index (κ1) is 20.2. The van der Waals surface area contributed by atoms with Crippen LogP contribution in [0.1, 0.15) is 10.6 Å². The van der Waals surface area contributed by atoms with Gasteiger partial charge in [0.25, 0.3) is 5.91 Å². The molecule has 9 heteroatoms. The zero-order valence-corrected chi connectivity index (χ0v) is 18.7. The third-order valence-electron chi connectivity index (χ3n) is 4.72. The van der Waals surface area contributed by atoms with Crippen molar-refractivity contribution in [2.75, 3.05) is 5.32 Å². The number of benzene rings is 3. The van der Waals surface area contributed by atoms with E-state index in [2.05, 4.69) is 31.5 Å². The number of fused-ring (bicyclic) bond motifs is 2. The maximum Gasteiger partial charge on any atom is 0.293 e. The summed E-state index contributed by atoms with van der Waals surface area (Å²) >= 11 is 8.55. The van der Waals surface area contributed by atoms with Gasteiger partial charge in [0, 0.05) is 16.6 Å². The third kappa shape index (κ3) is 3.95. The lowest BCUT2D eigenvalue weighted by Crippen LogP contribution is -2.33. The van der Waals surface area contributed by atoms with Crippen molar-refractivity contribution in [1.82, 2.24) is 10.3 Å². The number of amides is 1. The Balaban J connectivity index is 1.31. The summed E-state index contributed by atoms with van der Waals surface area (Å²) in [5.74, 6) is 0.279. The molecule has 0 radical (unpaired) electrons. The predicted octanol–water partition coefficient (Wildman–Crippen LogP) is 5.84. The quantitative estimate of drug-likeness (QED) is 0.264. The molecule has 158 valence electrons. The number of rotatable bonds is 3. The molecule has 0 saturated heterocycles. The largest absolute Gasteiger partial charge is 0.507 e. The van der Waals surface area contributed by atoms with Gasteiger partial charge in [-0.15, -0.1) is 0 Å². The number of nitrogens with zero attached hydrogens (tertiary/aromatic N) is 1. The number of oxazole rings is 1. The molecule has 0 fully saturated rings. The fourth-order valence-corrected chi connectivity index (χ4v) is 3.78. The monoisotopic (exact) mass is 507 g/mol. The van der Waals surface area contributed by atoms with Crippen LogP contribution in [0.3, 0.4) is 0 Å². The Morgan fingerprint density at radius 2 is 1.84 bits per heavy atom. The predicted molar refractivity (Wildman–Crippen MR) is 129 cm³/mol. The number of carbonyl (C=O) groups excluding carboxylic acids is 1. The minimum absolute atomic E-state index is 0.126. The van der Waals surface area contributed by atoms with E-state index in [1.807, 2.05) is 18.2 Å². The molecule has 7 nitrogen and oxygen atoms in total. The van der Waals surface area contributed by atoms with Gasteiger partial charge in [-0.1, -0.05) is 18.2 Å². The van der Waals surface area contributed by atoms with Gasteiger partial charge in [0.15, 0.2) is 16.5 Å². The molecule has 0 unspecified atom stereocenters. The van der Waals surface area contributed by atoms with Crippen LogP contribution < -0.4 is 10.6 Å². The minimum atomic E-state index is -0.443. The van der Waals surface area contributed by atoms with Gasteiger partial charge in [-0.05, 0) is 76.7 Å². The van der Waals surface area contributed by atoms with Crippen LogP contribution in [0, 0.1) is 0 Å². The molecule has 0 bridgehead atoms. The van der Waals surface area contributed by atoms with Gasteiger partial charge in [0.05, 0.1) is 4.47 Å². The fourth-order valence-electron chi connectivity index (χ4n) is 3.19. The summed E-state index contributed by atoms with van der Waals surface area (Å²) in [7, 11) is 0. The molecular weight excluding hydrogens is 494 g/mol. The molecule has 0 aliphatic heterocycles. The van der Waals surface area contributed by atoms with E-state index in [0.717, 1.165) is 5.39 Å². The number of halogens is 1. The van der Waals surface area contributed by atoms with Crippen molar-refractivity contribution in [2.45, 2.75) is 0 Å². The van der Waals surface area contributed by atoms with Crippen molar-refractivity contribution in [3.8, 4) is 17.2 Å². The molecule has 0 aliphatic rings. The van der Waals surface area contributed by atoms with Crippen molar-refractivity contribution in [1.29, 1.82) is 0 Å². The van der Waals surface area contributed by atoms with Gasteiger partial charge in [0.1, 0.15) is 16.8 Å². The van der Waals surface area contributed by atoms with Crippen molar-refractivity contribution in [3.05, 3.63) is 77.0 Å². The van der Waals surface area contributed by atoms with Crippen LogP contribution in [0.25, 0.3) is 33.5 Å². The van der Waals surface area contributed by atoms with Crippen LogP contribution in [-0.2, 0) is 0 Å². The number of aromatic hydroxyl groups is 1. The van der Waals surface area contributed by atoms with Crippen LogP contribution in [-0.4, -0.2) is 21.1 Å². The van der Waals surface area contributed by atoms with Crippen LogP contribution in [0.2, 0.25) is 0 Å². The first-order valence-electron chi connectivity index (χ1n) is 9.47. The van der Waals surface area contributed by atoms with E-state index in [1.165, 1.54) is 0 Å². The lowest BCUT2D eigenvalue weighted by atomic mass is 10.2. The standard InChI is InChI=1S/C23H14BrN3O4S/c24-15-9-13(5-7-17(15)28)22-26-16-11-14(6-8-19(16)31-22)25-23(32)27-21(29)20-10-12-3-1-2-4-18(12)30-20/h1-11,28H,(H2,25,27,29,32). The molecule has 2 aromatic heterocycles. The Morgan fingerprint density at radius 3 is 2.66 bits per heavy atom. The second-order valence-electron chi connectivity index (χ2n) is 6.92. The van der Waals surface area contributed by atoms with Gasteiger partial charge in [-0.3, -0.25) is 10.1 Å². The normalized spacial score (nSPS) is 11.0. The van der Waals surface area contributed by atoms with Crippen molar-refractivity contribution in [2.24, 2.45) is 0 Å². The Labute approximate surface area is 195 Å². The molecule has 3 N–H and O–H groups in total. The number of phenols is 1. The van der Waals surface area contributed by atoms with E-state index >= 15 is 0 Å². The second-order valence-corrected chi connectivity index (χ2v) is 8.19. The second kappa shape index (κ2) is 8.10. The maximum atomic E-state index is 12.5. The number of furan rings is 1. The van der Waals surface area contributed by atoms with E-state index in [-0.39, 0.29) is 16.6 Å². The van der Waals surface area contributed by atoms with E-state index in [4.69, 9.17) is 21.1 Å².